The Balaban J connectivity index is 2.56. The van der Waals surface area contributed by atoms with Crippen molar-refractivity contribution >= 4 is 0 Å². The van der Waals surface area contributed by atoms with Crippen molar-refractivity contribution in [1.29, 1.82) is 0 Å². The van der Waals surface area contributed by atoms with Crippen LogP contribution in [0.2, 0.25) is 0 Å². The van der Waals surface area contributed by atoms with Crippen molar-refractivity contribution in [3.63, 3.8) is 0 Å². The van der Waals surface area contributed by atoms with E-state index in [4.69, 9.17) is 4.74 Å². The zero-order valence-electron chi connectivity index (χ0n) is 7.26. The lowest BCUT2D eigenvalue weighted by molar-refractivity contribution is 0.130. The van der Waals surface area contributed by atoms with Crippen LogP contribution in [0.25, 0.3) is 0 Å². The molecule has 1 fully saturated rings. The molecule has 0 radical (unpaired) electrons. The third kappa shape index (κ3) is 2.09. The van der Waals surface area contributed by atoms with Crippen LogP contribution in [-0.4, -0.2) is 24.0 Å². The summed E-state index contributed by atoms with van der Waals surface area (Å²) in [5.41, 5.74) is 0. The van der Waals surface area contributed by atoms with Gasteiger partial charge in [0.05, 0.1) is 13.1 Å². The van der Waals surface area contributed by atoms with E-state index in [0.29, 0.717) is 6.04 Å². The average Bonchev–Trinajstić information content (AvgIpc) is 1.85. The zero-order valence-corrected chi connectivity index (χ0v) is 7.26. The number of morpholine rings is 1. The molecule has 0 unspecified atom stereocenters. The highest BCUT2D eigenvalue weighted by atomic mass is 16.5. The van der Waals surface area contributed by atoms with E-state index in [1.807, 2.05) is 0 Å². The Bertz CT molecular complexity index is 168. The minimum Gasteiger partial charge on any atom is -0.465 e. The highest BCUT2D eigenvalue weighted by Gasteiger charge is 2.18. The van der Waals surface area contributed by atoms with Gasteiger partial charge in [0.15, 0.2) is 0 Å². The van der Waals surface area contributed by atoms with Gasteiger partial charge in [0, 0.05) is 6.04 Å². The summed E-state index contributed by atoms with van der Waals surface area (Å²) < 4.78 is 5.24. The standard InChI is InChI=1S/C9H15NO/c1-7(2)10-5-8(3)11-9(4)6-10/h7H,3-6H2,1-2H3. The lowest BCUT2D eigenvalue weighted by Gasteiger charge is -2.32. The molecule has 62 valence electrons. The Morgan fingerprint density at radius 1 is 1.27 bits per heavy atom. The summed E-state index contributed by atoms with van der Waals surface area (Å²) in [5, 5.41) is 0. The van der Waals surface area contributed by atoms with Gasteiger partial charge in [-0.3, -0.25) is 4.90 Å². The Morgan fingerprint density at radius 3 is 2.09 bits per heavy atom. The number of rotatable bonds is 1. The van der Waals surface area contributed by atoms with Crippen LogP contribution in [0.4, 0.5) is 0 Å². The van der Waals surface area contributed by atoms with Crippen molar-refractivity contribution in [2.75, 3.05) is 13.1 Å². The summed E-state index contributed by atoms with van der Waals surface area (Å²) in [6.45, 7) is 13.5. The highest BCUT2D eigenvalue weighted by molar-refractivity contribution is 5.03. The second kappa shape index (κ2) is 3.09. The smallest absolute Gasteiger partial charge is 0.110 e. The van der Waals surface area contributed by atoms with Crippen LogP contribution < -0.4 is 0 Å². The molecule has 0 bridgehead atoms. The first-order chi connectivity index (χ1) is 5.09. The van der Waals surface area contributed by atoms with E-state index in [1.54, 1.807) is 0 Å². The van der Waals surface area contributed by atoms with Crippen LogP contribution in [-0.2, 0) is 4.74 Å². The fraction of sp³-hybridized carbons (Fsp3) is 0.556. The maximum absolute atomic E-state index is 5.24. The zero-order chi connectivity index (χ0) is 8.43. The molecule has 1 saturated heterocycles. The van der Waals surface area contributed by atoms with Crippen molar-refractivity contribution in [1.82, 2.24) is 4.90 Å². The molecule has 1 heterocycles. The summed E-state index contributed by atoms with van der Waals surface area (Å²) in [6, 6.07) is 0.535. The van der Waals surface area contributed by atoms with E-state index >= 15 is 0 Å². The van der Waals surface area contributed by atoms with Gasteiger partial charge >= 0.3 is 0 Å². The molecule has 1 aliphatic heterocycles. The number of hydrogen-bond acceptors (Lipinski definition) is 2. The van der Waals surface area contributed by atoms with E-state index in [9.17, 15) is 0 Å². The minimum atomic E-state index is 0.535. The van der Waals surface area contributed by atoms with E-state index in [2.05, 4.69) is 31.9 Å². The van der Waals surface area contributed by atoms with Crippen molar-refractivity contribution in [3.8, 4) is 0 Å². The van der Waals surface area contributed by atoms with Gasteiger partial charge in [0.1, 0.15) is 11.5 Å². The van der Waals surface area contributed by atoms with Gasteiger partial charge in [-0.15, -0.1) is 0 Å². The molecule has 0 saturated carbocycles. The normalized spacial score (nSPS) is 20.6. The molecule has 0 aliphatic carbocycles. The lowest BCUT2D eigenvalue weighted by Crippen LogP contribution is -2.38. The Morgan fingerprint density at radius 2 is 1.73 bits per heavy atom. The van der Waals surface area contributed by atoms with Gasteiger partial charge in [-0.05, 0) is 13.8 Å². The highest BCUT2D eigenvalue weighted by Crippen LogP contribution is 2.15. The molecule has 1 rings (SSSR count). The number of hydrogen-bond donors (Lipinski definition) is 0. The van der Waals surface area contributed by atoms with E-state index in [0.717, 1.165) is 24.6 Å². The van der Waals surface area contributed by atoms with Crippen molar-refractivity contribution < 1.29 is 4.74 Å². The van der Waals surface area contributed by atoms with Crippen LogP contribution in [0, 0.1) is 0 Å². The van der Waals surface area contributed by atoms with Crippen LogP contribution in [0.5, 0.6) is 0 Å². The number of nitrogens with zero attached hydrogens (tertiary/aromatic N) is 1. The van der Waals surface area contributed by atoms with Gasteiger partial charge in [0.2, 0.25) is 0 Å². The molecule has 0 N–H and O–H groups in total. The summed E-state index contributed by atoms with van der Waals surface area (Å²) in [6.07, 6.45) is 0. The first kappa shape index (κ1) is 8.34. The average molecular weight is 153 g/mol. The van der Waals surface area contributed by atoms with Crippen molar-refractivity contribution in [2.45, 2.75) is 19.9 Å². The van der Waals surface area contributed by atoms with E-state index in [1.165, 1.54) is 0 Å². The molecule has 0 aromatic heterocycles. The van der Waals surface area contributed by atoms with Gasteiger partial charge in [-0.1, -0.05) is 13.2 Å². The molecule has 2 nitrogen and oxygen atoms in total. The fourth-order valence-corrected chi connectivity index (χ4v) is 1.14. The van der Waals surface area contributed by atoms with Gasteiger partial charge in [-0.25, -0.2) is 0 Å². The maximum Gasteiger partial charge on any atom is 0.110 e. The second-order valence-corrected chi connectivity index (χ2v) is 3.18. The summed E-state index contributed by atoms with van der Waals surface area (Å²) in [7, 11) is 0. The largest absolute Gasteiger partial charge is 0.465 e. The van der Waals surface area contributed by atoms with Gasteiger partial charge < -0.3 is 4.74 Å². The minimum absolute atomic E-state index is 0.535. The fourth-order valence-electron chi connectivity index (χ4n) is 1.14. The van der Waals surface area contributed by atoms with Crippen LogP contribution in [0.3, 0.4) is 0 Å². The molecule has 1 aliphatic rings. The molecule has 0 spiro atoms. The molecular weight excluding hydrogens is 138 g/mol. The van der Waals surface area contributed by atoms with Gasteiger partial charge in [-0.2, -0.15) is 0 Å². The first-order valence-electron chi connectivity index (χ1n) is 3.87. The molecule has 2 heteroatoms. The SMILES string of the molecule is C=C1CN(C(C)C)CC(=C)O1. The second-order valence-electron chi connectivity index (χ2n) is 3.18. The summed E-state index contributed by atoms with van der Waals surface area (Å²) in [5.74, 6) is 1.60. The maximum atomic E-state index is 5.24. The van der Waals surface area contributed by atoms with Crippen LogP contribution in [0.15, 0.2) is 24.7 Å². The van der Waals surface area contributed by atoms with E-state index in [-0.39, 0.29) is 0 Å². The predicted octanol–water partition coefficient (Wildman–Crippen LogP) is 1.75. The first-order valence-corrected chi connectivity index (χ1v) is 3.87. The van der Waals surface area contributed by atoms with E-state index < -0.39 is 0 Å². The third-order valence-electron chi connectivity index (χ3n) is 1.78. The number of ether oxygens (including phenoxy) is 1. The predicted molar refractivity (Wildman–Crippen MR) is 46.1 cm³/mol. The molecule has 11 heavy (non-hydrogen) atoms. The summed E-state index contributed by atoms with van der Waals surface area (Å²) >= 11 is 0. The van der Waals surface area contributed by atoms with Crippen molar-refractivity contribution in [2.24, 2.45) is 0 Å². The molecular formula is C9H15NO. The molecule has 0 amide bonds. The molecule has 0 atom stereocenters. The summed E-state index contributed by atoms with van der Waals surface area (Å²) in [4.78, 5) is 2.27. The Hall–Kier alpha value is -0.760. The molecule has 0 aromatic carbocycles. The monoisotopic (exact) mass is 153 g/mol. The molecule has 0 aromatic rings. The third-order valence-corrected chi connectivity index (χ3v) is 1.78. The van der Waals surface area contributed by atoms with Gasteiger partial charge in [0.25, 0.3) is 0 Å². The van der Waals surface area contributed by atoms with Crippen LogP contribution >= 0.6 is 0 Å². The van der Waals surface area contributed by atoms with Crippen molar-refractivity contribution in [3.05, 3.63) is 24.7 Å². The quantitative estimate of drug-likeness (QED) is 0.569. The Labute approximate surface area is 68.1 Å². The topological polar surface area (TPSA) is 12.5 Å². The Kier molecular flexibility index (Phi) is 2.35. The van der Waals surface area contributed by atoms with Crippen LogP contribution in [0.1, 0.15) is 13.8 Å². The lowest BCUT2D eigenvalue weighted by atomic mass is 10.2.